The second kappa shape index (κ2) is 8.66. The van der Waals surface area contributed by atoms with E-state index >= 15 is 0 Å². The molecular weight excluding hydrogens is 414 g/mol. The fourth-order valence-electron chi connectivity index (χ4n) is 3.30. The summed E-state index contributed by atoms with van der Waals surface area (Å²) in [6, 6.07) is 2.66. The number of piperidine rings is 1. The van der Waals surface area contributed by atoms with Crippen molar-refractivity contribution in [3.63, 3.8) is 0 Å². The number of benzene rings is 1. The van der Waals surface area contributed by atoms with Crippen LogP contribution in [0.5, 0.6) is 5.75 Å². The number of anilines is 1. The molecule has 1 saturated heterocycles. The molecule has 1 aromatic carbocycles. The van der Waals surface area contributed by atoms with E-state index in [0.717, 1.165) is 18.2 Å². The fourth-order valence-corrected chi connectivity index (χ4v) is 3.30. The SMILES string of the molecule is COc1cc(C(F)(F)F)nnc1NC1CCN(C(F)c2ccc(F)c(C)c2F)CC1. The number of nitrogens with one attached hydrogen (secondary N) is 1. The Morgan fingerprint density at radius 3 is 2.43 bits per heavy atom. The van der Waals surface area contributed by atoms with Crippen molar-refractivity contribution in [2.45, 2.75) is 38.3 Å². The van der Waals surface area contributed by atoms with E-state index in [2.05, 4.69) is 15.5 Å². The van der Waals surface area contributed by atoms with E-state index < -0.39 is 29.8 Å². The van der Waals surface area contributed by atoms with Gasteiger partial charge in [-0.1, -0.05) is 0 Å². The molecule has 0 amide bonds. The molecule has 2 heterocycles. The number of rotatable bonds is 5. The van der Waals surface area contributed by atoms with E-state index in [1.165, 1.54) is 18.9 Å². The minimum atomic E-state index is -4.64. The van der Waals surface area contributed by atoms with Gasteiger partial charge in [0.15, 0.2) is 23.6 Å². The highest BCUT2D eigenvalue weighted by Gasteiger charge is 2.35. The normalized spacial score (nSPS) is 17.1. The average molecular weight is 434 g/mol. The summed E-state index contributed by atoms with van der Waals surface area (Å²) in [6.45, 7) is 1.76. The van der Waals surface area contributed by atoms with E-state index in [9.17, 15) is 26.3 Å². The summed E-state index contributed by atoms with van der Waals surface area (Å²) in [5, 5.41) is 9.70. The Balaban J connectivity index is 1.64. The van der Waals surface area contributed by atoms with Crippen LogP contribution in [-0.4, -0.2) is 41.3 Å². The van der Waals surface area contributed by atoms with Gasteiger partial charge in [-0.3, -0.25) is 4.90 Å². The zero-order valence-electron chi connectivity index (χ0n) is 16.2. The molecule has 164 valence electrons. The second-order valence-corrected chi connectivity index (χ2v) is 7.01. The molecule has 0 aliphatic carbocycles. The first-order valence-corrected chi connectivity index (χ1v) is 9.20. The van der Waals surface area contributed by atoms with E-state index in [4.69, 9.17) is 4.74 Å². The molecule has 0 radical (unpaired) electrons. The van der Waals surface area contributed by atoms with Gasteiger partial charge >= 0.3 is 6.18 Å². The van der Waals surface area contributed by atoms with Crippen molar-refractivity contribution in [3.05, 3.63) is 46.7 Å². The quantitative estimate of drug-likeness (QED) is 0.549. The monoisotopic (exact) mass is 434 g/mol. The Morgan fingerprint density at radius 1 is 1.17 bits per heavy atom. The molecule has 0 spiro atoms. The Kier molecular flexibility index (Phi) is 6.39. The highest BCUT2D eigenvalue weighted by atomic mass is 19.4. The maximum Gasteiger partial charge on any atom is 0.435 e. The lowest BCUT2D eigenvalue weighted by atomic mass is 10.0. The highest BCUT2D eigenvalue weighted by molar-refractivity contribution is 5.50. The maximum absolute atomic E-state index is 14.8. The molecular formula is C19H20F6N4O. The van der Waals surface area contributed by atoms with Crippen LogP contribution in [0.4, 0.5) is 32.2 Å². The zero-order chi connectivity index (χ0) is 22.1. The molecule has 1 aromatic heterocycles. The van der Waals surface area contributed by atoms with E-state index in [-0.39, 0.29) is 41.8 Å². The predicted molar refractivity (Wildman–Crippen MR) is 96.7 cm³/mol. The van der Waals surface area contributed by atoms with Crippen molar-refractivity contribution >= 4 is 5.82 Å². The van der Waals surface area contributed by atoms with Crippen molar-refractivity contribution in [1.82, 2.24) is 15.1 Å². The van der Waals surface area contributed by atoms with Crippen LogP contribution in [0.15, 0.2) is 18.2 Å². The molecule has 1 fully saturated rings. The van der Waals surface area contributed by atoms with Gasteiger partial charge in [-0.15, -0.1) is 10.2 Å². The van der Waals surface area contributed by atoms with Crippen LogP contribution in [0, 0.1) is 18.6 Å². The van der Waals surface area contributed by atoms with Crippen molar-refractivity contribution in [3.8, 4) is 5.75 Å². The van der Waals surface area contributed by atoms with Gasteiger partial charge in [0.05, 0.1) is 7.11 Å². The topological polar surface area (TPSA) is 50.3 Å². The molecule has 1 atom stereocenters. The van der Waals surface area contributed by atoms with Crippen LogP contribution in [0.25, 0.3) is 0 Å². The van der Waals surface area contributed by atoms with Gasteiger partial charge in [0.25, 0.3) is 0 Å². The number of likely N-dealkylation sites (tertiary alicyclic amines) is 1. The average Bonchev–Trinajstić information content (AvgIpc) is 2.71. The second-order valence-electron chi connectivity index (χ2n) is 7.01. The van der Waals surface area contributed by atoms with E-state index in [1.807, 2.05) is 0 Å². The van der Waals surface area contributed by atoms with Crippen molar-refractivity contribution < 1.29 is 31.1 Å². The molecule has 2 aromatic rings. The number of nitrogens with zero attached hydrogens (tertiary/aromatic N) is 3. The lowest BCUT2D eigenvalue weighted by Gasteiger charge is -2.34. The Labute approximate surface area is 169 Å². The summed E-state index contributed by atoms with van der Waals surface area (Å²) in [5.74, 6) is -1.70. The number of aromatic nitrogens is 2. The van der Waals surface area contributed by atoms with E-state index in [0.29, 0.717) is 12.8 Å². The third-order valence-electron chi connectivity index (χ3n) is 5.07. The molecule has 0 saturated carbocycles. The van der Waals surface area contributed by atoms with Crippen LogP contribution >= 0.6 is 0 Å². The van der Waals surface area contributed by atoms with Crippen molar-refractivity contribution in [2.75, 3.05) is 25.5 Å². The number of methoxy groups -OCH3 is 1. The summed E-state index contributed by atoms with van der Waals surface area (Å²) in [6.07, 6.45) is -5.53. The largest absolute Gasteiger partial charge is 0.493 e. The molecule has 0 bridgehead atoms. The fraction of sp³-hybridized carbons (Fsp3) is 0.474. The van der Waals surface area contributed by atoms with Gasteiger partial charge in [0.2, 0.25) is 0 Å². The standard InChI is InChI=1S/C19H20F6N4O/c1-10-13(20)4-3-12(16(10)21)17(22)29-7-5-11(6-8-29)26-18-14(30-2)9-15(27-28-18)19(23,24)25/h3-4,9,11,17H,5-8H2,1-2H3,(H,26,28). The summed E-state index contributed by atoms with van der Waals surface area (Å²) in [4.78, 5) is 1.42. The van der Waals surface area contributed by atoms with Crippen LogP contribution in [0.3, 0.4) is 0 Å². The third kappa shape index (κ3) is 4.61. The minimum Gasteiger partial charge on any atom is -0.493 e. The van der Waals surface area contributed by atoms with Crippen LogP contribution < -0.4 is 10.1 Å². The molecule has 30 heavy (non-hydrogen) atoms. The summed E-state index contributed by atoms with van der Waals surface area (Å²) in [5.41, 5.74) is -1.63. The maximum atomic E-state index is 14.8. The zero-order valence-corrected chi connectivity index (χ0v) is 16.2. The number of hydrogen-bond acceptors (Lipinski definition) is 5. The van der Waals surface area contributed by atoms with Crippen LogP contribution in [0.1, 0.15) is 36.0 Å². The number of ether oxygens (including phenoxy) is 1. The molecule has 1 N–H and O–H groups in total. The number of hydrogen-bond donors (Lipinski definition) is 1. The van der Waals surface area contributed by atoms with Gasteiger partial charge in [0.1, 0.15) is 11.6 Å². The van der Waals surface area contributed by atoms with Crippen molar-refractivity contribution in [2.24, 2.45) is 0 Å². The smallest absolute Gasteiger partial charge is 0.435 e. The summed E-state index contributed by atoms with van der Waals surface area (Å²) in [7, 11) is 1.22. The Hall–Kier alpha value is -2.56. The van der Waals surface area contributed by atoms with Gasteiger partial charge in [-0.2, -0.15) is 13.2 Å². The first-order valence-electron chi connectivity index (χ1n) is 9.20. The van der Waals surface area contributed by atoms with Crippen LogP contribution in [-0.2, 0) is 6.18 Å². The lowest BCUT2D eigenvalue weighted by Crippen LogP contribution is -2.40. The molecule has 3 rings (SSSR count). The highest BCUT2D eigenvalue weighted by Crippen LogP contribution is 2.34. The number of halogens is 6. The van der Waals surface area contributed by atoms with E-state index in [1.54, 1.807) is 0 Å². The molecule has 5 nitrogen and oxygen atoms in total. The minimum absolute atomic E-state index is 0.0564. The Bertz CT molecular complexity index is 899. The summed E-state index contributed by atoms with van der Waals surface area (Å²) < 4.78 is 85.7. The number of alkyl halides is 4. The molecule has 11 heteroatoms. The molecule has 1 aliphatic heterocycles. The summed E-state index contributed by atoms with van der Waals surface area (Å²) >= 11 is 0. The Morgan fingerprint density at radius 2 is 1.83 bits per heavy atom. The van der Waals surface area contributed by atoms with Gasteiger partial charge in [-0.05, 0) is 31.9 Å². The van der Waals surface area contributed by atoms with Gasteiger partial charge < -0.3 is 10.1 Å². The first kappa shape index (κ1) is 22.1. The van der Waals surface area contributed by atoms with Crippen LogP contribution in [0.2, 0.25) is 0 Å². The molecule has 1 aliphatic rings. The lowest BCUT2D eigenvalue weighted by molar-refractivity contribution is -0.141. The molecule has 1 unspecified atom stereocenters. The predicted octanol–water partition coefficient (Wildman–Crippen LogP) is 4.64. The van der Waals surface area contributed by atoms with Gasteiger partial charge in [0, 0.05) is 36.3 Å². The first-order chi connectivity index (χ1) is 14.1. The third-order valence-corrected chi connectivity index (χ3v) is 5.07. The van der Waals surface area contributed by atoms with Gasteiger partial charge in [-0.25, -0.2) is 13.2 Å². The van der Waals surface area contributed by atoms with Crippen molar-refractivity contribution in [1.29, 1.82) is 0 Å².